The van der Waals surface area contributed by atoms with Gasteiger partial charge < -0.3 is 20.9 Å². The molecule has 0 saturated heterocycles. The molecule has 0 aliphatic heterocycles. The van der Waals surface area contributed by atoms with Crippen molar-refractivity contribution in [1.29, 1.82) is 0 Å². The highest BCUT2D eigenvalue weighted by molar-refractivity contribution is 6.36. The van der Waals surface area contributed by atoms with Crippen molar-refractivity contribution >= 4 is 52.5 Å². The number of hydrogen-bond donors (Lipinski definition) is 3. The second-order valence-corrected chi connectivity index (χ2v) is 7.25. The second kappa shape index (κ2) is 10.6. The van der Waals surface area contributed by atoms with Crippen molar-refractivity contribution in [3.05, 3.63) is 63.6 Å². The Kier molecular flexibility index (Phi) is 8.20. The Morgan fingerprint density at radius 3 is 2.10 bits per heavy atom. The Hall–Kier alpha value is -3.10. The number of hydrogen-bond acceptors (Lipinski definition) is 4. The van der Waals surface area contributed by atoms with E-state index in [9.17, 15) is 19.2 Å². The minimum absolute atomic E-state index is 0.151. The molecule has 30 heavy (non-hydrogen) atoms. The lowest BCUT2D eigenvalue weighted by Gasteiger charge is -2.11. The van der Waals surface area contributed by atoms with Gasteiger partial charge in [0.1, 0.15) is 0 Å². The zero-order valence-electron chi connectivity index (χ0n) is 16.3. The summed E-state index contributed by atoms with van der Waals surface area (Å²) in [5, 5.41) is 7.96. The monoisotopic (exact) mass is 450 g/mol. The van der Waals surface area contributed by atoms with Crippen molar-refractivity contribution in [1.82, 2.24) is 15.5 Å². The van der Waals surface area contributed by atoms with E-state index in [-0.39, 0.29) is 29.6 Å². The highest BCUT2D eigenvalue weighted by Crippen LogP contribution is 2.20. The van der Waals surface area contributed by atoms with Gasteiger partial charge >= 0.3 is 0 Å². The molecule has 0 aromatic heterocycles. The number of rotatable bonds is 7. The average Bonchev–Trinajstić information content (AvgIpc) is 2.70. The fraction of sp³-hybridized carbons (Fsp3) is 0.200. The number of amides is 4. The molecule has 10 heteroatoms. The molecule has 0 aliphatic carbocycles. The van der Waals surface area contributed by atoms with Crippen molar-refractivity contribution in [2.24, 2.45) is 0 Å². The highest BCUT2D eigenvalue weighted by atomic mass is 35.5. The Morgan fingerprint density at radius 1 is 0.867 bits per heavy atom. The lowest BCUT2D eigenvalue weighted by Crippen LogP contribution is -2.40. The van der Waals surface area contributed by atoms with Gasteiger partial charge in [0.05, 0.1) is 23.7 Å². The van der Waals surface area contributed by atoms with E-state index in [2.05, 4.69) is 16.0 Å². The maximum atomic E-state index is 12.1. The van der Waals surface area contributed by atoms with Crippen LogP contribution in [-0.4, -0.2) is 55.7 Å². The molecule has 2 aromatic rings. The second-order valence-electron chi connectivity index (χ2n) is 6.41. The van der Waals surface area contributed by atoms with Crippen LogP contribution in [0.5, 0.6) is 0 Å². The van der Waals surface area contributed by atoms with Gasteiger partial charge in [-0.15, -0.1) is 0 Å². The van der Waals surface area contributed by atoms with Gasteiger partial charge in [-0.2, -0.15) is 0 Å². The molecule has 0 aliphatic rings. The van der Waals surface area contributed by atoms with Crippen molar-refractivity contribution in [3.63, 3.8) is 0 Å². The zero-order chi connectivity index (χ0) is 22.3. The number of benzene rings is 2. The smallest absolute Gasteiger partial charge is 0.253 e. The van der Waals surface area contributed by atoms with Crippen molar-refractivity contribution < 1.29 is 19.2 Å². The summed E-state index contributed by atoms with van der Waals surface area (Å²) >= 11 is 11.7. The average molecular weight is 451 g/mol. The minimum Gasteiger partial charge on any atom is -0.345 e. The third-order valence-corrected chi connectivity index (χ3v) is 4.40. The maximum absolute atomic E-state index is 12.1. The largest absolute Gasteiger partial charge is 0.345 e. The first kappa shape index (κ1) is 23.2. The topological polar surface area (TPSA) is 108 Å². The Bertz CT molecular complexity index is 962. The maximum Gasteiger partial charge on any atom is 0.253 e. The molecular weight excluding hydrogens is 431 g/mol. The molecule has 2 rings (SSSR count). The summed E-state index contributed by atoms with van der Waals surface area (Å²) in [5.41, 5.74) is 1.15. The predicted octanol–water partition coefficient (Wildman–Crippen LogP) is 2.18. The van der Waals surface area contributed by atoms with Crippen LogP contribution < -0.4 is 16.0 Å². The highest BCUT2D eigenvalue weighted by Gasteiger charge is 2.13. The van der Waals surface area contributed by atoms with Crippen LogP contribution in [0, 0.1) is 0 Å². The molecule has 2 aromatic carbocycles. The lowest BCUT2D eigenvalue weighted by atomic mass is 10.2. The third-order valence-electron chi connectivity index (χ3n) is 3.85. The van der Waals surface area contributed by atoms with E-state index in [4.69, 9.17) is 23.2 Å². The van der Waals surface area contributed by atoms with E-state index in [1.807, 2.05) is 0 Å². The van der Waals surface area contributed by atoms with Crippen LogP contribution in [0.4, 0.5) is 5.69 Å². The Balaban J connectivity index is 1.77. The zero-order valence-corrected chi connectivity index (χ0v) is 17.8. The van der Waals surface area contributed by atoms with Crippen LogP contribution in [0.2, 0.25) is 10.0 Å². The summed E-state index contributed by atoms with van der Waals surface area (Å²) in [7, 11) is 3.29. The molecule has 158 valence electrons. The SMILES string of the molecule is CN(C)C(=O)c1ccc(NC(=O)CNC(=O)CNC(=O)c2ccc(Cl)cc2Cl)cc1. The summed E-state index contributed by atoms with van der Waals surface area (Å²) in [6.45, 7) is -0.610. The van der Waals surface area contributed by atoms with E-state index in [1.54, 1.807) is 38.4 Å². The van der Waals surface area contributed by atoms with Crippen molar-refractivity contribution in [2.45, 2.75) is 0 Å². The van der Waals surface area contributed by atoms with Gasteiger partial charge in [-0.1, -0.05) is 23.2 Å². The minimum atomic E-state index is -0.546. The fourth-order valence-electron chi connectivity index (χ4n) is 2.33. The third kappa shape index (κ3) is 6.75. The molecule has 0 saturated carbocycles. The Morgan fingerprint density at radius 2 is 1.50 bits per heavy atom. The predicted molar refractivity (Wildman–Crippen MR) is 115 cm³/mol. The fourth-order valence-corrected chi connectivity index (χ4v) is 2.82. The molecule has 0 bridgehead atoms. The van der Waals surface area contributed by atoms with Gasteiger partial charge in [-0.05, 0) is 42.5 Å². The number of carbonyl (C=O) groups excluding carboxylic acids is 4. The van der Waals surface area contributed by atoms with Crippen LogP contribution in [0.15, 0.2) is 42.5 Å². The van der Waals surface area contributed by atoms with Gasteiger partial charge in [0, 0.05) is 30.4 Å². The number of anilines is 1. The number of nitrogens with zero attached hydrogens (tertiary/aromatic N) is 1. The first-order valence-electron chi connectivity index (χ1n) is 8.79. The molecule has 0 radical (unpaired) electrons. The molecule has 4 amide bonds. The van der Waals surface area contributed by atoms with Crippen LogP contribution in [0.1, 0.15) is 20.7 Å². The van der Waals surface area contributed by atoms with Crippen molar-refractivity contribution in [2.75, 3.05) is 32.5 Å². The van der Waals surface area contributed by atoms with E-state index < -0.39 is 17.7 Å². The molecule has 3 N–H and O–H groups in total. The van der Waals surface area contributed by atoms with Gasteiger partial charge in [0.15, 0.2) is 0 Å². The van der Waals surface area contributed by atoms with Crippen LogP contribution in [-0.2, 0) is 9.59 Å². The van der Waals surface area contributed by atoms with Gasteiger partial charge in [-0.3, -0.25) is 19.2 Å². The van der Waals surface area contributed by atoms with Gasteiger partial charge in [-0.25, -0.2) is 0 Å². The molecular formula is C20H20Cl2N4O4. The molecule has 0 spiro atoms. The van der Waals surface area contributed by atoms with Crippen LogP contribution in [0.25, 0.3) is 0 Å². The Labute approximate surface area is 183 Å². The lowest BCUT2D eigenvalue weighted by molar-refractivity contribution is -0.123. The molecule has 0 atom stereocenters. The van der Waals surface area contributed by atoms with E-state index in [1.165, 1.54) is 23.1 Å². The van der Waals surface area contributed by atoms with Crippen LogP contribution in [0.3, 0.4) is 0 Å². The molecule has 8 nitrogen and oxygen atoms in total. The summed E-state index contributed by atoms with van der Waals surface area (Å²) in [5.74, 6) is -1.69. The van der Waals surface area contributed by atoms with Crippen molar-refractivity contribution in [3.8, 4) is 0 Å². The number of carbonyl (C=O) groups is 4. The standard InChI is InChI=1S/C20H20Cl2N4O4/c1-26(2)20(30)12-3-6-14(7-4-12)25-18(28)11-23-17(27)10-24-19(29)15-8-5-13(21)9-16(15)22/h3-9H,10-11H2,1-2H3,(H,23,27)(H,24,29)(H,25,28). The molecule has 0 unspecified atom stereocenters. The summed E-state index contributed by atoms with van der Waals surface area (Å²) in [6.07, 6.45) is 0. The molecule has 0 heterocycles. The summed E-state index contributed by atoms with van der Waals surface area (Å²) in [4.78, 5) is 49.2. The van der Waals surface area contributed by atoms with Gasteiger partial charge in [0.25, 0.3) is 11.8 Å². The number of nitrogens with one attached hydrogen (secondary N) is 3. The normalized spacial score (nSPS) is 10.1. The first-order valence-corrected chi connectivity index (χ1v) is 9.54. The van der Waals surface area contributed by atoms with E-state index in [0.717, 1.165) is 0 Å². The van der Waals surface area contributed by atoms with Crippen LogP contribution >= 0.6 is 23.2 Å². The molecule has 0 fully saturated rings. The quantitative estimate of drug-likeness (QED) is 0.600. The van der Waals surface area contributed by atoms with E-state index >= 15 is 0 Å². The first-order chi connectivity index (χ1) is 14.2. The van der Waals surface area contributed by atoms with Gasteiger partial charge in [0.2, 0.25) is 11.8 Å². The number of halogens is 2. The summed E-state index contributed by atoms with van der Waals surface area (Å²) in [6, 6.07) is 10.7. The van der Waals surface area contributed by atoms with E-state index in [0.29, 0.717) is 16.3 Å². The summed E-state index contributed by atoms with van der Waals surface area (Å²) < 4.78 is 0.